The predicted octanol–water partition coefficient (Wildman–Crippen LogP) is 3.71. The largest absolute Gasteiger partial charge is 0.466 e. The summed E-state index contributed by atoms with van der Waals surface area (Å²) in [4.78, 5) is 30.5. The number of hydrogen-bond donors (Lipinski definition) is 1. The zero-order chi connectivity index (χ0) is 19.0. The van der Waals surface area contributed by atoms with Crippen LogP contribution in [0.3, 0.4) is 0 Å². The highest BCUT2D eigenvalue weighted by Crippen LogP contribution is 2.32. The lowest BCUT2D eigenvalue weighted by Gasteiger charge is -2.31. The Morgan fingerprint density at radius 2 is 2.15 bits per heavy atom. The average Bonchev–Trinajstić information content (AvgIpc) is 3.05. The topological polar surface area (TPSA) is 62.4 Å². The maximum atomic E-state index is 13.1. The molecule has 5 heteroatoms. The highest BCUT2D eigenvalue weighted by molar-refractivity contribution is 5.99. The lowest BCUT2D eigenvalue weighted by atomic mass is 9.87. The first kappa shape index (κ1) is 18.1. The molecule has 1 amide bonds. The molecule has 2 aromatic rings. The normalized spacial score (nSPS) is 22.5. The Bertz CT molecular complexity index is 870. The van der Waals surface area contributed by atoms with Gasteiger partial charge in [0.05, 0.1) is 12.5 Å². The molecule has 1 N–H and O–H groups in total. The van der Waals surface area contributed by atoms with Crippen LogP contribution in [0.2, 0.25) is 0 Å². The van der Waals surface area contributed by atoms with Gasteiger partial charge in [-0.25, -0.2) is 0 Å². The number of aryl methyl sites for hydroxylation is 1. The minimum atomic E-state index is -0.202. The average molecular weight is 368 g/mol. The minimum Gasteiger partial charge on any atom is -0.466 e. The number of carbonyl (C=O) groups is 2. The summed E-state index contributed by atoms with van der Waals surface area (Å²) in [5.74, 6) is 0.319. The molecule has 1 saturated heterocycles. The quantitative estimate of drug-likeness (QED) is 0.840. The van der Waals surface area contributed by atoms with E-state index in [2.05, 4.69) is 11.9 Å². The van der Waals surface area contributed by atoms with Crippen molar-refractivity contribution in [1.82, 2.24) is 9.88 Å². The van der Waals surface area contributed by atoms with Crippen LogP contribution in [-0.4, -0.2) is 41.5 Å². The van der Waals surface area contributed by atoms with E-state index in [1.165, 1.54) is 23.1 Å². The molecule has 4 rings (SSSR count). The van der Waals surface area contributed by atoms with Crippen LogP contribution in [0.1, 0.15) is 54.7 Å². The van der Waals surface area contributed by atoms with E-state index in [9.17, 15) is 9.59 Å². The van der Waals surface area contributed by atoms with E-state index >= 15 is 0 Å². The number of rotatable bonds is 3. The van der Waals surface area contributed by atoms with E-state index in [0.717, 1.165) is 31.2 Å². The van der Waals surface area contributed by atoms with Crippen molar-refractivity contribution in [3.8, 4) is 0 Å². The van der Waals surface area contributed by atoms with Gasteiger partial charge >= 0.3 is 5.97 Å². The number of esters is 1. The van der Waals surface area contributed by atoms with Gasteiger partial charge in [0.25, 0.3) is 5.91 Å². The minimum absolute atomic E-state index is 0.0182. The molecular weight excluding hydrogens is 340 g/mol. The fourth-order valence-corrected chi connectivity index (χ4v) is 4.52. The molecule has 2 aliphatic rings. The van der Waals surface area contributed by atoms with Gasteiger partial charge in [0, 0.05) is 35.2 Å². The van der Waals surface area contributed by atoms with Crippen LogP contribution < -0.4 is 0 Å². The van der Waals surface area contributed by atoms with Gasteiger partial charge in [-0.15, -0.1) is 0 Å². The Labute approximate surface area is 160 Å². The third kappa shape index (κ3) is 3.47. The zero-order valence-electron chi connectivity index (χ0n) is 16.2. The SMILES string of the molecule is CCOC(=O)[C@@H]1CCCN(C(=O)c2ccc3[nH]c4c(c3c2)C[C@H](C)CC4)C1. The first-order chi connectivity index (χ1) is 13.1. The number of hydrogen-bond acceptors (Lipinski definition) is 3. The van der Waals surface area contributed by atoms with Crippen molar-refractivity contribution in [3.05, 3.63) is 35.0 Å². The third-order valence-corrected chi connectivity index (χ3v) is 6.01. The number of H-pyrrole nitrogens is 1. The summed E-state index contributed by atoms with van der Waals surface area (Å²) in [5.41, 5.74) is 4.54. The summed E-state index contributed by atoms with van der Waals surface area (Å²) in [6.45, 7) is 5.65. The van der Waals surface area contributed by atoms with Crippen LogP contribution in [0.4, 0.5) is 0 Å². The van der Waals surface area contributed by atoms with E-state index in [4.69, 9.17) is 4.74 Å². The Morgan fingerprint density at radius 3 is 2.96 bits per heavy atom. The molecule has 0 saturated carbocycles. The molecule has 1 fully saturated rings. The highest BCUT2D eigenvalue weighted by Gasteiger charge is 2.30. The number of nitrogens with zero attached hydrogens (tertiary/aromatic N) is 1. The number of nitrogens with one attached hydrogen (secondary N) is 1. The molecule has 27 heavy (non-hydrogen) atoms. The zero-order valence-corrected chi connectivity index (χ0v) is 16.2. The first-order valence-electron chi connectivity index (χ1n) is 10.2. The van der Waals surface area contributed by atoms with Gasteiger partial charge in [-0.2, -0.15) is 0 Å². The van der Waals surface area contributed by atoms with Gasteiger partial charge in [-0.05, 0) is 68.7 Å². The van der Waals surface area contributed by atoms with Crippen molar-refractivity contribution >= 4 is 22.8 Å². The van der Waals surface area contributed by atoms with Crippen molar-refractivity contribution in [3.63, 3.8) is 0 Å². The first-order valence-corrected chi connectivity index (χ1v) is 10.2. The van der Waals surface area contributed by atoms with E-state index < -0.39 is 0 Å². The van der Waals surface area contributed by atoms with Crippen LogP contribution in [0.15, 0.2) is 18.2 Å². The Morgan fingerprint density at radius 1 is 1.30 bits per heavy atom. The number of aromatic nitrogens is 1. The van der Waals surface area contributed by atoms with Gasteiger partial charge in [0.1, 0.15) is 0 Å². The summed E-state index contributed by atoms with van der Waals surface area (Å²) in [5, 5.41) is 1.18. The van der Waals surface area contributed by atoms with E-state index in [-0.39, 0.29) is 17.8 Å². The van der Waals surface area contributed by atoms with Crippen molar-refractivity contribution in [2.24, 2.45) is 11.8 Å². The monoisotopic (exact) mass is 368 g/mol. The third-order valence-electron chi connectivity index (χ3n) is 6.01. The van der Waals surface area contributed by atoms with Crippen molar-refractivity contribution in [2.45, 2.75) is 46.0 Å². The molecule has 144 valence electrons. The van der Waals surface area contributed by atoms with E-state index in [1.54, 1.807) is 0 Å². The van der Waals surface area contributed by atoms with Gasteiger partial charge in [0.15, 0.2) is 0 Å². The van der Waals surface area contributed by atoms with E-state index in [1.807, 2.05) is 30.0 Å². The second-order valence-corrected chi connectivity index (χ2v) is 8.03. The van der Waals surface area contributed by atoms with Gasteiger partial charge < -0.3 is 14.6 Å². The molecule has 2 heterocycles. The Hall–Kier alpha value is -2.30. The number of carbonyl (C=O) groups excluding carboxylic acids is 2. The number of piperidine rings is 1. The summed E-state index contributed by atoms with van der Waals surface area (Å²) in [7, 11) is 0. The van der Waals surface area contributed by atoms with Crippen LogP contribution in [0.5, 0.6) is 0 Å². The molecule has 1 aromatic carbocycles. The number of fused-ring (bicyclic) bond motifs is 3. The van der Waals surface area contributed by atoms with Gasteiger partial charge in [-0.3, -0.25) is 9.59 Å². The second-order valence-electron chi connectivity index (χ2n) is 8.03. The summed E-state index contributed by atoms with van der Waals surface area (Å²) < 4.78 is 5.15. The lowest BCUT2D eigenvalue weighted by molar-refractivity contribution is -0.149. The maximum absolute atomic E-state index is 13.1. The Kier molecular flexibility index (Phi) is 4.94. The lowest BCUT2D eigenvalue weighted by Crippen LogP contribution is -2.42. The number of ether oxygens (including phenoxy) is 1. The van der Waals surface area contributed by atoms with Crippen molar-refractivity contribution in [2.75, 3.05) is 19.7 Å². The standard InChI is InChI=1S/C22H28N2O3/c1-3-27-22(26)16-5-4-10-24(13-16)21(25)15-7-9-20-18(12-15)17-11-14(2)6-8-19(17)23-20/h7,9,12,14,16,23H,3-6,8,10-11,13H2,1-2H3/t14-,16-/m1/s1. The number of benzene rings is 1. The number of aromatic amines is 1. The van der Waals surface area contributed by atoms with Crippen molar-refractivity contribution < 1.29 is 14.3 Å². The van der Waals surface area contributed by atoms with Gasteiger partial charge in [0.2, 0.25) is 0 Å². The molecule has 2 atom stereocenters. The molecule has 1 aliphatic carbocycles. The fraction of sp³-hybridized carbons (Fsp3) is 0.545. The van der Waals surface area contributed by atoms with Crippen molar-refractivity contribution in [1.29, 1.82) is 0 Å². The molecule has 5 nitrogen and oxygen atoms in total. The van der Waals surface area contributed by atoms with Crippen LogP contribution in [-0.2, 0) is 22.4 Å². The van der Waals surface area contributed by atoms with E-state index in [0.29, 0.717) is 31.2 Å². The molecule has 0 unspecified atom stereocenters. The van der Waals surface area contributed by atoms with Crippen LogP contribution in [0.25, 0.3) is 10.9 Å². The van der Waals surface area contributed by atoms with Crippen LogP contribution >= 0.6 is 0 Å². The predicted molar refractivity (Wildman–Crippen MR) is 105 cm³/mol. The molecule has 0 bridgehead atoms. The highest BCUT2D eigenvalue weighted by atomic mass is 16.5. The smallest absolute Gasteiger partial charge is 0.310 e. The summed E-state index contributed by atoms with van der Waals surface area (Å²) in [6.07, 6.45) is 5.01. The maximum Gasteiger partial charge on any atom is 0.310 e. The number of amides is 1. The Balaban J connectivity index is 1.57. The molecule has 0 radical (unpaired) electrons. The molecular formula is C22H28N2O3. The molecule has 1 aliphatic heterocycles. The second kappa shape index (κ2) is 7.37. The molecule has 1 aromatic heterocycles. The number of likely N-dealkylation sites (tertiary alicyclic amines) is 1. The fourth-order valence-electron chi connectivity index (χ4n) is 4.52. The van der Waals surface area contributed by atoms with Gasteiger partial charge in [-0.1, -0.05) is 6.92 Å². The summed E-state index contributed by atoms with van der Waals surface area (Å²) >= 11 is 0. The molecule has 0 spiro atoms. The summed E-state index contributed by atoms with van der Waals surface area (Å²) in [6, 6.07) is 5.97. The van der Waals surface area contributed by atoms with Crippen LogP contribution in [0, 0.1) is 11.8 Å².